The van der Waals surface area contributed by atoms with Crippen molar-refractivity contribution in [1.82, 2.24) is 15.5 Å². The van der Waals surface area contributed by atoms with Gasteiger partial charge in [-0.2, -0.15) is 5.10 Å². The number of rotatable bonds is 6. The third kappa shape index (κ3) is 3.45. The predicted octanol–water partition coefficient (Wildman–Crippen LogP) is 2.47. The van der Waals surface area contributed by atoms with E-state index in [1.54, 1.807) is 18.4 Å². The second-order valence-corrected chi connectivity index (χ2v) is 5.01. The van der Waals surface area contributed by atoms with Crippen LogP contribution >= 0.6 is 0 Å². The van der Waals surface area contributed by atoms with Crippen LogP contribution in [0.2, 0.25) is 0 Å². The van der Waals surface area contributed by atoms with Crippen molar-refractivity contribution in [2.75, 3.05) is 0 Å². The molecular formula is C14H21N3O2. The number of H-pyrrole nitrogens is 1. The summed E-state index contributed by atoms with van der Waals surface area (Å²) in [7, 11) is 0. The summed E-state index contributed by atoms with van der Waals surface area (Å²) < 4.78 is 5.20. The fourth-order valence-corrected chi connectivity index (χ4v) is 2.31. The molecule has 0 fully saturated rings. The molecule has 0 aliphatic rings. The Bertz CT molecular complexity index is 493. The SMILES string of the molecule is Cc1[nH]ncc1C(C)NC(C)CC(O)c1ccco1. The number of furan rings is 1. The zero-order valence-electron chi connectivity index (χ0n) is 11.6. The molecule has 3 N–H and O–H groups in total. The third-order valence-electron chi connectivity index (χ3n) is 3.32. The molecule has 3 atom stereocenters. The van der Waals surface area contributed by atoms with Crippen LogP contribution in [0.1, 0.15) is 49.4 Å². The van der Waals surface area contributed by atoms with Crippen molar-refractivity contribution in [3.63, 3.8) is 0 Å². The van der Waals surface area contributed by atoms with Crippen molar-refractivity contribution in [2.24, 2.45) is 0 Å². The summed E-state index contributed by atoms with van der Waals surface area (Å²) in [5, 5.41) is 20.4. The first-order valence-electron chi connectivity index (χ1n) is 6.55. The maximum atomic E-state index is 10.0. The molecule has 0 aliphatic carbocycles. The largest absolute Gasteiger partial charge is 0.467 e. The Morgan fingerprint density at radius 2 is 2.26 bits per heavy atom. The maximum absolute atomic E-state index is 10.0. The van der Waals surface area contributed by atoms with Gasteiger partial charge in [-0.05, 0) is 39.3 Å². The highest BCUT2D eigenvalue weighted by Gasteiger charge is 2.18. The molecule has 5 nitrogen and oxygen atoms in total. The van der Waals surface area contributed by atoms with Crippen LogP contribution in [-0.2, 0) is 0 Å². The molecular weight excluding hydrogens is 242 g/mol. The Morgan fingerprint density at radius 1 is 1.47 bits per heavy atom. The van der Waals surface area contributed by atoms with Gasteiger partial charge in [0.1, 0.15) is 11.9 Å². The number of aromatic nitrogens is 2. The minimum absolute atomic E-state index is 0.171. The minimum atomic E-state index is -0.574. The molecule has 0 amide bonds. The van der Waals surface area contributed by atoms with Gasteiger partial charge in [0.25, 0.3) is 0 Å². The van der Waals surface area contributed by atoms with Gasteiger partial charge in [-0.15, -0.1) is 0 Å². The minimum Gasteiger partial charge on any atom is -0.467 e. The molecule has 0 saturated heterocycles. The Kier molecular flexibility index (Phi) is 4.39. The molecule has 2 aromatic heterocycles. The summed E-state index contributed by atoms with van der Waals surface area (Å²) in [6, 6.07) is 3.94. The first kappa shape index (κ1) is 13.8. The highest BCUT2D eigenvalue weighted by molar-refractivity contribution is 5.18. The van der Waals surface area contributed by atoms with Crippen molar-refractivity contribution in [3.8, 4) is 0 Å². The number of aliphatic hydroxyl groups excluding tert-OH is 1. The highest BCUT2D eigenvalue weighted by Crippen LogP contribution is 2.21. The van der Waals surface area contributed by atoms with E-state index in [2.05, 4.69) is 29.4 Å². The number of aliphatic hydroxyl groups is 1. The van der Waals surface area contributed by atoms with Crippen LogP contribution in [0.5, 0.6) is 0 Å². The Balaban J connectivity index is 1.87. The summed E-state index contributed by atoms with van der Waals surface area (Å²) in [4.78, 5) is 0. The second-order valence-electron chi connectivity index (χ2n) is 5.01. The monoisotopic (exact) mass is 263 g/mol. The number of nitrogens with one attached hydrogen (secondary N) is 2. The first-order valence-corrected chi connectivity index (χ1v) is 6.55. The van der Waals surface area contributed by atoms with Gasteiger partial charge >= 0.3 is 0 Å². The van der Waals surface area contributed by atoms with E-state index in [1.807, 2.05) is 13.1 Å². The van der Waals surface area contributed by atoms with Gasteiger partial charge in [-0.1, -0.05) is 0 Å². The molecule has 0 saturated carbocycles. The number of hydrogen-bond donors (Lipinski definition) is 3. The zero-order chi connectivity index (χ0) is 13.8. The van der Waals surface area contributed by atoms with Gasteiger partial charge in [0.15, 0.2) is 0 Å². The van der Waals surface area contributed by atoms with Gasteiger partial charge < -0.3 is 14.8 Å². The van der Waals surface area contributed by atoms with Crippen LogP contribution in [-0.4, -0.2) is 21.3 Å². The van der Waals surface area contributed by atoms with Crippen molar-refractivity contribution >= 4 is 0 Å². The number of aromatic amines is 1. The van der Waals surface area contributed by atoms with Gasteiger partial charge in [-0.25, -0.2) is 0 Å². The van der Waals surface area contributed by atoms with Crippen LogP contribution in [0.3, 0.4) is 0 Å². The van der Waals surface area contributed by atoms with Crippen LogP contribution in [0.4, 0.5) is 0 Å². The average molecular weight is 263 g/mol. The molecule has 3 unspecified atom stereocenters. The van der Waals surface area contributed by atoms with Gasteiger partial charge in [0, 0.05) is 23.3 Å². The average Bonchev–Trinajstić information content (AvgIpc) is 2.98. The molecule has 0 spiro atoms. The Labute approximate surface area is 113 Å². The Morgan fingerprint density at radius 3 is 2.84 bits per heavy atom. The summed E-state index contributed by atoms with van der Waals surface area (Å²) in [6.07, 6.45) is 3.45. The summed E-state index contributed by atoms with van der Waals surface area (Å²) in [5.74, 6) is 0.612. The van der Waals surface area contributed by atoms with E-state index < -0.39 is 6.10 Å². The molecule has 5 heteroatoms. The van der Waals surface area contributed by atoms with Gasteiger partial charge in [0.05, 0.1) is 12.5 Å². The standard InChI is InChI=1S/C14H21N3O2/c1-9(7-13(18)14-5-4-6-19-14)16-10(2)12-8-15-17-11(12)3/h4-6,8-10,13,16,18H,7H2,1-3H3,(H,15,17). The normalized spacial score (nSPS) is 16.2. The van der Waals surface area contributed by atoms with Crippen LogP contribution in [0.15, 0.2) is 29.0 Å². The van der Waals surface area contributed by atoms with Crippen LogP contribution in [0, 0.1) is 6.92 Å². The molecule has 2 rings (SSSR count). The fraction of sp³-hybridized carbons (Fsp3) is 0.500. The van der Waals surface area contributed by atoms with Gasteiger partial charge in [-0.3, -0.25) is 5.10 Å². The fourth-order valence-electron chi connectivity index (χ4n) is 2.31. The van der Waals surface area contributed by atoms with E-state index >= 15 is 0 Å². The van der Waals surface area contributed by atoms with Crippen LogP contribution in [0.25, 0.3) is 0 Å². The van der Waals surface area contributed by atoms with E-state index in [1.165, 1.54) is 0 Å². The number of hydrogen-bond acceptors (Lipinski definition) is 4. The van der Waals surface area contributed by atoms with E-state index in [0.29, 0.717) is 12.2 Å². The molecule has 2 aromatic rings. The third-order valence-corrected chi connectivity index (χ3v) is 3.32. The van der Waals surface area contributed by atoms with Crippen molar-refractivity contribution < 1.29 is 9.52 Å². The highest BCUT2D eigenvalue weighted by atomic mass is 16.4. The lowest BCUT2D eigenvalue weighted by Crippen LogP contribution is -2.30. The quantitative estimate of drug-likeness (QED) is 0.748. The van der Waals surface area contributed by atoms with E-state index in [9.17, 15) is 5.11 Å². The number of nitrogens with zero attached hydrogens (tertiary/aromatic N) is 1. The molecule has 0 aliphatic heterocycles. The molecule has 0 aromatic carbocycles. The predicted molar refractivity (Wildman–Crippen MR) is 72.6 cm³/mol. The number of aryl methyl sites for hydroxylation is 1. The molecule has 0 bridgehead atoms. The lowest BCUT2D eigenvalue weighted by molar-refractivity contribution is 0.127. The lowest BCUT2D eigenvalue weighted by Gasteiger charge is -2.21. The lowest BCUT2D eigenvalue weighted by atomic mass is 10.1. The second kappa shape index (κ2) is 6.04. The first-order chi connectivity index (χ1) is 9.08. The van der Waals surface area contributed by atoms with E-state index in [4.69, 9.17) is 4.42 Å². The molecule has 0 radical (unpaired) electrons. The van der Waals surface area contributed by atoms with Gasteiger partial charge in [0.2, 0.25) is 0 Å². The molecule has 104 valence electrons. The topological polar surface area (TPSA) is 74.1 Å². The smallest absolute Gasteiger partial charge is 0.132 e. The van der Waals surface area contributed by atoms with Crippen molar-refractivity contribution in [3.05, 3.63) is 41.6 Å². The Hall–Kier alpha value is -1.59. The van der Waals surface area contributed by atoms with Crippen LogP contribution < -0.4 is 5.32 Å². The summed E-state index contributed by atoms with van der Waals surface area (Å²) in [6.45, 7) is 6.15. The molecule has 19 heavy (non-hydrogen) atoms. The summed E-state index contributed by atoms with van der Waals surface area (Å²) in [5.41, 5.74) is 2.22. The molecule has 2 heterocycles. The van der Waals surface area contributed by atoms with E-state index in [0.717, 1.165) is 11.3 Å². The summed E-state index contributed by atoms with van der Waals surface area (Å²) >= 11 is 0. The maximum Gasteiger partial charge on any atom is 0.132 e. The van der Waals surface area contributed by atoms with Crippen molar-refractivity contribution in [2.45, 2.75) is 45.4 Å². The van der Waals surface area contributed by atoms with E-state index in [-0.39, 0.29) is 12.1 Å². The zero-order valence-corrected chi connectivity index (χ0v) is 11.6. The van der Waals surface area contributed by atoms with Crippen molar-refractivity contribution in [1.29, 1.82) is 0 Å².